The Bertz CT molecular complexity index is 187. The lowest BCUT2D eigenvalue weighted by atomic mass is 10.2. The van der Waals surface area contributed by atoms with Crippen LogP contribution in [0.3, 0.4) is 0 Å². The predicted octanol–water partition coefficient (Wildman–Crippen LogP) is -2.22. The standard InChI is InChI=1S/C10H20N2O.ClH/c1-6-10(13)11-9(2)7-8-12(3,4)5;/h6,9H,1,7-8H2,2-5H3;1H. The smallest absolute Gasteiger partial charge is 0.243 e. The Morgan fingerprint density at radius 3 is 2.36 bits per heavy atom. The predicted molar refractivity (Wildman–Crippen MR) is 55.3 cm³/mol. The number of rotatable bonds is 5. The molecule has 3 nitrogen and oxygen atoms in total. The van der Waals surface area contributed by atoms with Crippen LogP contribution in [-0.4, -0.2) is 44.1 Å². The number of nitrogens with zero attached hydrogens (tertiary/aromatic N) is 1. The molecule has 0 spiro atoms. The third-order valence-electron chi connectivity index (χ3n) is 1.81. The number of nitrogens with one attached hydrogen (secondary N) is 1. The molecule has 0 aromatic heterocycles. The second-order valence-electron chi connectivity index (χ2n) is 4.42. The zero-order valence-corrected chi connectivity index (χ0v) is 10.3. The van der Waals surface area contributed by atoms with Gasteiger partial charge in [-0.3, -0.25) is 4.79 Å². The van der Waals surface area contributed by atoms with Crippen molar-refractivity contribution in [3.05, 3.63) is 12.7 Å². The van der Waals surface area contributed by atoms with Crippen LogP contribution in [0.15, 0.2) is 12.7 Å². The van der Waals surface area contributed by atoms with Crippen molar-refractivity contribution in [3.8, 4) is 0 Å². The zero-order chi connectivity index (χ0) is 10.5. The molecule has 0 saturated heterocycles. The summed E-state index contributed by atoms with van der Waals surface area (Å²) in [6, 6.07) is 0.225. The van der Waals surface area contributed by atoms with Crippen molar-refractivity contribution < 1.29 is 21.7 Å². The highest BCUT2D eigenvalue weighted by molar-refractivity contribution is 5.87. The summed E-state index contributed by atoms with van der Waals surface area (Å²) in [6.07, 6.45) is 2.30. The van der Waals surface area contributed by atoms with Gasteiger partial charge in [0.15, 0.2) is 0 Å². The van der Waals surface area contributed by atoms with Crippen molar-refractivity contribution in [2.24, 2.45) is 0 Å². The highest BCUT2D eigenvalue weighted by Gasteiger charge is 2.11. The molecule has 1 unspecified atom stereocenters. The van der Waals surface area contributed by atoms with Gasteiger partial charge in [0, 0.05) is 12.5 Å². The van der Waals surface area contributed by atoms with Gasteiger partial charge >= 0.3 is 0 Å². The van der Waals surface area contributed by atoms with Gasteiger partial charge in [-0.25, -0.2) is 0 Å². The molecule has 0 heterocycles. The van der Waals surface area contributed by atoms with Gasteiger partial charge in [0.1, 0.15) is 0 Å². The fraction of sp³-hybridized carbons (Fsp3) is 0.700. The summed E-state index contributed by atoms with van der Waals surface area (Å²) in [4.78, 5) is 10.9. The number of amides is 1. The van der Waals surface area contributed by atoms with Gasteiger partial charge in [-0.2, -0.15) is 0 Å². The Balaban J connectivity index is 0. The largest absolute Gasteiger partial charge is 1.00 e. The Morgan fingerprint density at radius 1 is 1.50 bits per heavy atom. The third-order valence-corrected chi connectivity index (χ3v) is 1.81. The first-order valence-electron chi connectivity index (χ1n) is 4.58. The molecule has 4 heteroatoms. The maximum Gasteiger partial charge on any atom is 0.243 e. The molecule has 0 aromatic carbocycles. The Labute approximate surface area is 93.2 Å². The van der Waals surface area contributed by atoms with E-state index in [2.05, 4.69) is 33.0 Å². The van der Waals surface area contributed by atoms with E-state index >= 15 is 0 Å². The van der Waals surface area contributed by atoms with Gasteiger partial charge in [0.2, 0.25) is 5.91 Å². The fourth-order valence-electron chi connectivity index (χ4n) is 0.955. The topological polar surface area (TPSA) is 29.1 Å². The Morgan fingerprint density at radius 2 is 2.00 bits per heavy atom. The number of carbonyl (C=O) groups is 1. The van der Waals surface area contributed by atoms with Gasteiger partial charge in [0.05, 0.1) is 27.7 Å². The van der Waals surface area contributed by atoms with E-state index in [9.17, 15) is 4.79 Å². The first-order valence-corrected chi connectivity index (χ1v) is 4.58. The van der Waals surface area contributed by atoms with Crippen molar-refractivity contribution in [2.45, 2.75) is 19.4 Å². The lowest BCUT2D eigenvalue weighted by Gasteiger charge is -2.25. The molecule has 0 rings (SSSR count). The first-order chi connectivity index (χ1) is 5.85. The molecule has 0 aliphatic carbocycles. The minimum Gasteiger partial charge on any atom is -1.00 e. The van der Waals surface area contributed by atoms with Crippen LogP contribution in [0.1, 0.15) is 13.3 Å². The zero-order valence-electron chi connectivity index (χ0n) is 9.51. The molecular weight excluding hydrogens is 200 g/mol. The van der Waals surface area contributed by atoms with Crippen molar-refractivity contribution in [1.29, 1.82) is 0 Å². The molecule has 0 radical (unpaired) electrons. The van der Waals surface area contributed by atoms with Crippen LogP contribution in [0.25, 0.3) is 0 Å². The summed E-state index contributed by atoms with van der Waals surface area (Å²) in [7, 11) is 6.42. The van der Waals surface area contributed by atoms with E-state index in [1.165, 1.54) is 6.08 Å². The fourth-order valence-corrected chi connectivity index (χ4v) is 0.955. The highest BCUT2D eigenvalue weighted by Crippen LogP contribution is 1.97. The van der Waals surface area contributed by atoms with Gasteiger partial charge < -0.3 is 22.2 Å². The Hall–Kier alpha value is -0.540. The van der Waals surface area contributed by atoms with Crippen LogP contribution in [0.2, 0.25) is 0 Å². The van der Waals surface area contributed by atoms with Crippen LogP contribution in [-0.2, 0) is 4.79 Å². The van der Waals surface area contributed by atoms with Gasteiger partial charge in [-0.15, -0.1) is 0 Å². The van der Waals surface area contributed by atoms with Crippen LogP contribution < -0.4 is 17.7 Å². The summed E-state index contributed by atoms with van der Waals surface area (Å²) < 4.78 is 0.925. The van der Waals surface area contributed by atoms with Crippen molar-refractivity contribution >= 4 is 5.91 Å². The van der Waals surface area contributed by atoms with E-state index in [0.29, 0.717) is 0 Å². The van der Waals surface area contributed by atoms with E-state index < -0.39 is 0 Å². The van der Waals surface area contributed by atoms with E-state index in [1.807, 2.05) is 6.92 Å². The van der Waals surface area contributed by atoms with E-state index in [1.54, 1.807) is 0 Å². The molecule has 0 bridgehead atoms. The molecule has 0 aromatic rings. The van der Waals surface area contributed by atoms with Gasteiger partial charge in [-0.05, 0) is 13.0 Å². The lowest BCUT2D eigenvalue weighted by Crippen LogP contribution is -3.00. The number of carbonyl (C=O) groups excluding carboxylic acids is 1. The van der Waals surface area contributed by atoms with E-state index in [4.69, 9.17) is 0 Å². The number of halogens is 1. The molecule has 1 amide bonds. The third kappa shape index (κ3) is 9.55. The maximum absolute atomic E-state index is 10.9. The second kappa shape index (κ2) is 6.85. The van der Waals surface area contributed by atoms with Crippen molar-refractivity contribution in [3.63, 3.8) is 0 Å². The summed E-state index contributed by atoms with van der Waals surface area (Å²) in [5, 5.41) is 2.84. The molecule has 84 valence electrons. The van der Waals surface area contributed by atoms with E-state index in [0.717, 1.165) is 17.4 Å². The molecule has 14 heavy (non-hydrogen) atoms. The maximum atomic E-state index is 10.9. The van der Waals surface area contributed by atoms with Crippen molar-refractivity contribution in [2.75, 3.05) is 27.7 Å². The summed E-state index contributed by atoms with van der Waals surface area (Å²) in [6.45, 7) is 6.47. The summed E-state index contributed by atoms with van der Waals surface area (Å²) in [5.41, 5.74) is 0. The SMILES string of the molecule is C=CC(=O)NC(C)CC[N+](C)(C)C.[Cl-]. The van der Waals surface area contributed by atoms with Crippen LogP contribution in [0, 0.1) is 0 Å². The summed E-state index contributed by atoms with van der Waals surface area (Å²) in [5.74, 6) is -0.0890. The monoisotopic (exact) mass is 220 g/mol. The highest BCUT2D eigenvalue weighted by atomic mass is 35.5. The molecule has 1 atom stereocenters. The van der Waals surface area contributed by atoms with Gasteiger partial charge in [-0.1, -0.05) is 6.58 Å². The molecular formula is C10H21ClN2O. The molecule has 0 aliphatic rings. The van der Waals surface area contributed by atoms with Crippen LogP contribution in [0.4, 0.5) is 0 Å². The number of hydrogen-bond acceptors (Lipinski definition) is 1. The lowest BCUT2D eigenvalue weighted by molar-refractivity contribution is -0.870. The van der Waals surface area contributed by atoms with Gasteiger partial charge in [0.25, 0.3) is 0 Å². The normalized spacial score (nSPS) is 12.6. The van der Waals surface area contributed by atoms with Crippen LogP contribution >= 0.6 is 0 Å². The molecule has 0 aliphatic heterocycles. The Kier molecular flexibility index (Phi) is 7.78. The molecule has 1 N–H and O–H groups in total. The average Bonchev–Trinajstić information content (AvgIpc) is 1.99. The summed E-state index contributed by atoms with van der Waals surface area (Å²) >= 11 is 0. The number of hydrogen-bond donors (Lipinski definition) is 1. The first kappa shape index (κ1) is 15.9. The van der Waals surface area contributed by atoms with E-state index in [-0.39, 0.29) is 24.4 Å². The van der Waals surface area contributed by atoms with Crippen LogP contribution in [0.5, 0.6) is 0 Å². The average molecular weight is 221 g/mol. The molecule has 0 fully saturated rings. The minimum absolute atomic E-state index is 0. The number of quaternary nitrogens is 1. The quantitative estimate of drug-likeness (QED) is 0.413. The molecule has 0 saturated carbocycles. The minimum atomic E-state index is -0.0890. The second-order valence-corrected chi connectivity index (χ2v) is 4.42. The van der Waals surface area contributed by atoms with Crippen molar-refractivity contribution in [1.82, 2.24) is 5.32 Å².